The van der Waals surface area contributed by atoms with Crippen LogP contribution >= 0.6 is 0 Å². The molecular weight excluding hydrogens is 301 g/mol. The highest BCUT2D eigenvalue weighted by atomic mass is 16.8. The molecule has 3 atom stereocenters. The predicted octanol–water partition coefficient (Wildman–Crippen LogP) is 3.47. The first-order valence-corrected chi connectivity index (χ1v) is 8.34. The van der Waals surface area contributed by atoms with Crippen molar-refractivity contribution in [1.82, 2.24) is 4.90 Å². The minimum Gasteiger partial charge on any atom is -0.382 e. The van der Waals surface area contributed by atoms with Crippen LogP contribution in [0.1, 0.15) is 30.3 Å². The molecule has 0 spiro atoms. The summed E-state index contributed by atoms with van der Waals surface area (Å²) in [5.41, 5.74) is 2.19. The first-order valence-electron chi connectivity index (χ1n) is 8.34. The lowest BCUT2D eigenvalue weighted by Crippen LogP contribution is -2.32. The van der Waals surface area contributed by atoms with E-state index in [1.54, 1.807) is 0 Å². The van der Waals surface area contributed by atoms with E-state index >= 15 is 0 Å². The third-order valence-electron chi connectivity index (χ3n) is 4.01. The molecule has 5 heteroatoms. The minimum atomic E-state index is -0.657. The van der Waals surface area contributed by atoms with Crippen molar-refractivity contribution < 1.29 is 14.0 Å². The predicted molar refractivity (Wildman–Crippen MR) is 95.4 cm³/mol. The van der Waals surface area contributed by atoms with Crippen LogP contribution in [-0.4, -0.2) is 39.0 Å². The molecule has 1 aliphatic heterocycles. The van der Waals surface area contributed by atoms with Crippen LogP contribution in [-0.2, 0) is 14.0 Å². The van der Waals surface area contributed by atoms with Gasteiger partial charge in [-0.1, -0.05) is 60.7 Å². The van der Waals surface area contributed by atoms with Crippen molar-refractivity contribution in [3.05, 3.63) is 71.8 Å². The molecule has 2 aromatic rings. The van der Waals surface area contributed by atoms with E-state index in [4.69, 9.17) is 14.0 Å². The van der Waals surface area contributed by atoms with E-state index < -0.39 is 7.32 Å². The van der Waals surface area contributed by atoms with Gasteiger partial charge in [0, 0.05) is 6.54 Å². The fourth-order valence-corrected chi connectivity index (χ4v) is 3.02. The van der Waals surface area contributed by atoms with Crippen LogP contribution in [0.2, 0.25) is 0 Å². The second-order valence-electron chi connectivity index (χ2n) is 6.43. The van der Waals surface area contributed by atoms with Gasteiger partial charge in [-0.25, -0.2) is 0 Å². The van der Waals surface area contributed by atoms with Crippen molar-refractivity contribution in [2.75, 3.05) is 20.6 Å². The number of likely N-dealkylation sites (N-methyl/N-ethyl adjacent to an activating group) is 1. The molecule has 1 saturated heterocycles. The smallest absolute Gasteiger partial charge is 0.382 e. The van der Waals surface area contributed by atoms with Crippen molar-refractivity contribution in [3.8, 4) is 0 Å². The Hall–Kier alpha value is -1.66. The van der Waals surface area contributed by atoms with Crippen LogP contribution in [0.5, 0.6) is 0 Å². The molecule has 0 saturated carbocycles. The van der Waals surface area contributed by atoms with Crippen molar-refractivity contribution in [2.45, 2.75) is 25.2 Å². The van der Waals surface area contributed by atoms with Gasteiger partial charge in [0.05, 0.1) is 18.3 Å². The van der Waals surface area contributed by atoms with Crippen LogP contribution < -0.4 is 0 Å². The number of benzene rings is 2. The van der Waals surface area contributed by atoms with Gasteiger partial charge in [0.25, 0.3) is 0 Å². The molecule has 3 rings (SSSR count). The van der Waals surface area contributed by atoms with Gasteiger partial charge in [0.15, 0.2) is 0 Å². The maximum atomic E-state index is 6.10. The lowest BCUT2D eigenvalue weighted by molar-refractivity contribution is 0.0958. The second kappa shape index (κ2) is 7.95. The molecule has 0 aromatic heterocycles. The topological polar surface area (TPSA) is 30.9 Å². The Balaban J connectivity index is 1.77. The highest BCUT2D eigenvalue weighted by Crippen LogP contribution is 2.41. The van der Waals surface area contributed by atoms with Gasteiger partial charge >= 0.3 is 7.32 Å². The van der Waals surface area contributed by atoms with Crippen LogP contribution in [0, 0.1) is 0 Å². The highest BCUT2D eigenvalue weighted by molar-refractivity contribution is 6.37. The van der Waals surface area contributed by atoms with Crippen LogP contribution in [0.25, 0.3) is 0 Å². The molecule has 1 fully saturated rings. The largest absolute Gasteiger partial charge is 0.640 e. The lowest BCUT2D eigenvalue weighted by Gasteiger charge is -2.18. The Kier molecular flexibility index (Phi) is 5.69. The average molecular weight is 325 g/mol. The quantitative estimate of drug-likeness (QED) is 0.761. The third kappa shape index (κ3) is 4.25. The van der Waals surface area contributed by atoms with Gasteiger partial charge in [-0.2, -0.15) is 0 Å². The van der Waals surface area contributed by atoms with E-state index in [-0.39, 0.29) is 18.3 Å². The van der Waals surface area contributed by atoms with Gasteiger partial charge in [0.2, 0.25) is 0 Å². The maximum absolute atomic E-state index is 6.10. The van der Waals surface area contributed by atoms with E-state index in [1.807, 2.05) is 57.4 Å². The molecule has 126 valence electrons. The monoisotopic (exact) mass is 325 g/mol. The Morgan fingerprint density at radius 2 is 1.38 bits per heavy atom. The first-order chi connectivity index (χ1) is 11.6. The summed E-state index contributed by atoms with van der Waals surface area (Å²) in [5.74, 6) is 0. The molecular formula is C19H24BNO3. The summed E-state index contributed by atoms with van der Waals surface area (Å²) in [4.78, 5) is 2.09. The first kappa shape index (κ1) is 17.2. The lowest BCUT2D eigenvalue weighted by atomic mass is 9.99. The van der Waals surface area contributed by atoms with Crippen LogP contribution in [0.3, 0.4) is 0 Å². The Morgan fingerprint density at radius 3 is 1.79 bits per heavy atom. The molecule has 24 heavy (non-hydrogen) atoms. The van der Waals surface area contributed by atoms with Crippen molar-refractivity contribution in [1.29, 1.82) is 0 Å². The number of rotatable bonds is 6. The van der Waals surface area contributed by atoms with Gasteiger partial charge in [-0.3, -0.25) is 0 Å². The van der Waals surface area contributed by atoms with Gasteiger partial charge in [0.1, 0.15) is 0 Å². The summed E-state index contributed by atoms with van der Waals surface area (Å²) in [6.45, 7) is 2.84. The van der Waals surface area contributed by atoms with E-state index in [2.05, 4.69) is 29.2 Å². The highest BCUT2D eigenvalue weighted by Gasteiger charge is 2.44. The molecule has 0 amide bonds. The average Bonchev–Trinajstić information content (AvgIpc) is 2.99. The standard InChI is InChI=1S/C19H24BNO3/c1-15(14-21(2)3)22-20-23-18(16-10-6-4-7-11-16)19(24-20)17-12-8-5-9-13-17/h4-13,15,18-19H,14H2,1-3H3/t15?,18-,19-/m1/s1. The zero-order chi connectivity index (χ0) is 16.9. The molecule has 1 aliphatic rings. The SMILES string of the molecule is CC(CN(C)C)OB1O[C@H](c2ccccc2)[C@@H](c2ccccc2)O1. The summed E-state index contributed by atoms with van der Waals surface area (Å²) >= 11 is 0. The molecule has 1 heterocycles. The summed E-state index contributed by atoms with van der Waals surface area (Å²) in [5, 5.41) is 0. The van der Waals surface area contributed by atoms with Crippen LogP contribution in [0.15, 0.2) is 60.7 Å². The summed E-state index contributed by atoms with van der Waals surface area (Å²) in [6.07, 6.45) is -0.328. The molecule has 4 nitrogen and oxygen atoms in total. The Bertz CT molecular complexity index is 576. The zero-order valence-electron chi connectivity index (χ0n) is 14.5. The van der Waals surface area contributed by atoms with E-state index in [0.717, 1.165) is 17.7 Å². The number of nitrogens with zero attached hydrogens (tertiary/aromatic N) is 1. The summed E-state index contributed by atoms with van der Waals surface area (Å²) in [7, 11) is 3.39. The van der Waals surface area contributed by atoms with Crippen molar-refractivity contribution >= 4 is 7.32 Å². The Morgan fingerprint density at radius 1 is 0.917 bits per heavy atom. The normalized spacial score (nSPS) is 22.1. The van der Waals surface area contributed by atoms with E-state index in [0.29, 0.717) is 0 Å². The van der Waals surface area contributed by atoms with Crippen molar-refractivity contribution in [2.24, 2.45) is 0 Å². The molecule has 1 unspecified atom stereocenters. The molecule has 0 bridgehead atoms. The number of hydrogen-bond acceptors (Lipinski definition) is 4. The van der Waals surface area contributed by atoms with E-state index in [9.17, 15) is 0 Å². The Labute approximate surface area is 144 Å². The molecule has 0 radical (unpaired) electrons. The number of hydrogen-bond donors (Lipinski definition) is 0. The fourth-order valence-electron chi connectivity index (χ4n) is 3.02. The fraction of sp³-hybridized carbons (Fsp3) is 0.368. The van der Waals surface area contributed by atoms with Crippen molar-refractivity contribution in [3.63, 3.8) is 0 Å². The summed E-state index contributed by atoms with van der Waals surface area (Å²) < 4.78 is 18.1. The van der Waals surface area contributed by atoms with Gasteiger partial charge in [-0.05, 0) is 32.1 Å². The van der Waals surface area contributed by atoms with Gasteiger partial charge < -0.3 is 18.9 Å². The maximum Gasteiger partial charge on any atom is 0.640 e. The minimum absolute atomic E-state index is 0.0240. The second-order valence-corrected chi connectivity index (χ2v) is 6.43. The third-order valence-corrected chi connectivity index (χ3v) is 4.01. The zero-order valence-corrected chi connectivity index (χ0v) is 14.5. The summed E-state index contributed by atoms with van der Waals surface area (Å²) in [6, 6.07) is 20.3. The van der Waals surface area contributed by atoms with Crippen LogP contribution in [0.4, 0.5) is 0 Å². The molecule has 0 N–H and O–H groups in total. The molecule has 2 aromatic carbocycles. The molecule has 0 aliphatic carbocycles. The van der Waals surface area contributed by atoms with Gasteiger partial charge in [-0.15, -0.1) is 0 Å². The van der Waals surface area contributed by atoms with E-state index in [1.165, 1.54) is 0 Å².